The number of hydrogen-bond acceptors (Lipinski definition) is 9. The first-order chi connectivity index (χ1) is 24.6. The van der Waals surface area contributed by atoms with Gasteiger partial charge in [0.2, 0.25) is 0 Å². The molecule has 2 aliphatic heterocycles. The van der Waals surface area contributed by atoms with E-state index in [0.717, 1.165) is 37.9 Å². The number of benzene rings is 2. The molecule has 2 saturated heterocycles. The van der Waals surface area contributed by atoms with E-state index in [1.54, 1.807) is 37.4 Å². The van der Waals surface area contributed by atoms with Crippen LogP contribution in [0, 0.1) is 0 Å². The lowest BCUT2D eigenvalue weighted by molar-refractivity contribution is 0.0684. The Labute approximate surface area is 320 Å². The zero-order valence-corrected chi connectivity index (χ0v) is 36.7. The third kappa shape index (κ3) is 10.4. The van der Waals surface area contributed by atoms with Gasteiger partial charge in [-0.25, -0.2) is 13.2 Å². The lowest BCUT2D eigenvalue weighted by Crippen LogP contribution is -2.46. The van der Waals surface area contributed by atoms with Crippen LogP contribution in [0.1, 0.15) is 77.6 Å². The van der Waals surface area contributed by atoms with Crippen molar-refractivity contribution in [2.45, 2.75) is 120 Å². The van der Waals surface area contributed by atoms with Crippen molar-refractivity contribution >= 4 is 49.8 Å². The summed E-state index contributed by atoms with van der Waals surface area (Å²) in [5.74, 6) is -0.0941. The maximum absolute atomic E-state index is 14.5. The van der Waals surface area contributed by atoms with Crippen molar-refractivity contribution in [1.29, 1.82) is 0 Å². The molecule has 0 aliphatic carbocycles. The molecule has 296 valence electrons. The van der Waals surface area contributed by atoms with Crippen molar-refractivity contribution in [3.05, 3.63) is 48.0 Å². The van der Waals surface area contributed by atoms with Gasteiger partial charge >= 0.3 is 6.09 Å². The third-order valence-corrected chi connectivity index (χ3v) is 22.4. The highest BCUT2D eigenvalue weighted by Gasteiger charge is 2.41. The summed E-state index contributed by atoms with van der Waals surface area (Å²) in [5, 5.41) is 2.90. The standard InChI is InChI=1S/C39H63N3O8SSi2/c1-38(2,3)52(8,9)49-27-29-17-15-21-41(29)34-26-33(40-37(44)48-23-24-51(45,46)31-19-13-12-14-20-31)32(25-35(34)47-7)36(43)42-22-16-18-30(42)28-50-53(10,11)39(4,5)6/h12-14,19-20,25-26,29-30H,15-18,21-24,27-28H2,1-11H3,(H,40,44). The second kappa shape index (κ2) is 16.8. The van der Waals surface area contributed by atoms with Crippen molar-refractivity contribution in [3.63, 3.8) is 0 Å². The Bertz CT molecular complexity index is 1690. The van der Waals surface area contributed by atoms with Gasteiger partial charge in [-0.2, -0.15) is 0 Å². The number of nitrogens with zero attached hydrogens (tertiary/aromatic N) is 2. The van der Waals surface area contributed by atoms with E-state index in [1.807, 2.05) is 4.90 Å². The molecule has 2 aliphatic rings. The average Bonchev–Trinajstić information content (AvgIpc) is 3.75. The van der Waals surface area contributed by atoms with Gasteiger partial charge in [-0.05, 0) is 86.2 Å². The van der Waals surface area contributed by atoms with Gasteiger partial charge in [0, 0.05) is 13.1 Å². The van der Waals surface area contributed by atoms with E-state index in [2.05, 4.69) is 77.9 Å². The Morgan fingerprint density at radius 1 is 0.849 bits per heavy atom. The molecule has 0 saturated carbocycles. The first-order valence-electron chi connectivity index (χ1n) is 18.9. The molecule has 1 N–H and O–H groups in total. The SMILES string of the molecule is COc1cc(C(=O)N2CCCC2CO[Si](C)(C)C(C)(C)C)c(NC(=O)OCCS(=O)(=O)c2ccccc2)cc1N1CCCC1CO[Si](C)(C)C(C)(C)C. The monoisotopic (exact) mass is 789 g/mol. The minimum atomic E-state index is -3.66. The second-order valence-electron chi connectivity index (χ2n) is 17.4. The van der Waals surface area contributed by atoms with E-state index >= 15 is 0 Å². The van der Waals surface area contributed by atoms with Gasteiger partial charge in [-0.1, -0.05) is 59.7 Å². The number of sulfone groups is 1. The summed E-state index contributed by atoms with van der Waals surface area (Å²) in [4.78, 5) is 32.1. The predicted molar refractivity (Wildman–Crippen MR) is 217 cm³/mol. The lowest BCUT2D eigenvalue weighted by Gasteiger charge is -2.38. The molecule has 2 amide bonds. The molecule has 53 heavy (non-hydrogen) atoms. The van der Waals surface area contributed by atoms with Crippen LogP contribution in [0.25, 0.3) is 0 Å². The van der Waals surface area contributed by atoms with E-state index in [4.69, 9.17) is 18.3 Å². The van der Waals surface area contributed by atoms with Crippen LogP contribution in [0.5, 0.6) is 5.75 Å². The maximum Gasteiger partial charge on any atom is 0.411 e. The number of amides is 2. The van der Waals surface area contributed by atoms with E-state index in [0.29, 0.717) is 25.5 Å². The third-order valence-electron chi connectivity index (χ3n) is 11.7. The quantitative estimate of drug-likeness (QED) is 0.188. The fourth-order valence-corrected chi connectivity index (χ4v) is 9.37. The number of rotatable bonds is 14. The fourth-order valence-electron chi connectivity index (χ4n) is 6.17. The summed E-state index contributed by atoms with van der Waals surface area (Å²) in [7, 11) is -6.14. The maximum atomic E-state index is 14.5. The van der Waals surface area contributed by atoms with E-state index in [-0.39, 0.29) is 56.6 Å². The van der Waals surface area contributed by atoms with Crippen LogP contribution in [0.4, 0.5) is 16.2 Å². The Hall–Kier alpha value is -2.92. The molecule has 2 aromatic rings. The smallest absolute Gasteiger partial charge is 0.411 e. The van der Waals surface area contributed by atoms with E-state index in [1.165, 1.54) is 12.1 Å². The zero-order valence-electron chi connectivity index (χ0n) is 33.8. The Morgan fingerprint density at radius 2 is 1.42 bits per heavy atom. The van der Waals surface area contributed by atoms with Crippen molar-refractivity contribution in [3.8, 4) is 5.75 Å². The first kappa shape index (κ1) is 42.8. The number of carbonyl (C=O) groups is 2. The van der Waals surface area contributed by atoms with Gasteiger partial charge in [-0.15, -0.1) is 0 Å². The molecule has 2 aromatic carbocycles. The van der Waals surface area contributed by atoms with Crippen LogP contribution in [0.15, 0.2) is 47.4 Å². The molecule has 2 unspecified atom stereocenters. The minimum Gasteiger partial charge on any atom is -0.495 e. The van der Waals surface area contributed by atoms with Crippen LogP contribution < -0.4 is 15.0 Å². The molecule has 0 radical (unpaired) electrons. The Balaban J connectivity index is 1.63. The molecule has 14 heteroatoms. The molecule has 11 nitrogen and oxygen atoms in total. The normalized spacial score (nSPS) is 18.7. The van der Waals surface area contributed by atoms with Gasteiger partial charge in [0.05, 0.1) is 60.0 Å². The van der Waals surface area contributed by atoms with Crippen LogP contribution in [-0.4, -0.2) is 99.8 Å². The summed E-state index contributed by atoms with van der Waals surface area (Å²) >= 11 is 0. The van der Waals surface area contributed by atoms with Crippen molar-refractivity contribution in [2.75, 3.05) is 56.0 Å². The van der Waals surface area contributed by atoms with Crippen molar-refractivity contribution in [2.24, 2.45) is 0 Å². The number of likely N-dealkylation sites (tertiary alicyclic amines) is 1. The van der Waals surface area contributed by atoms with Crippen molar-refractivity contribution in [1.82, 2.24) is 4.90 Å². The molecular formula is C39H63N3O8SSi2. The number of nitrogens with one attached hydrogen (secondary N) is 1. The first-order valence-corrected chi connectivity index (χ1v) is 26.3. The molecular weight excluding hydrogens is 727 g/mol. The number of anilines is 2. The predicted octanol–water partition coefficient (Wildman–Crippen LogP) is 8.33. The molecule has 0 bridgehead atoms. The number of ether oxygens (including phenoxy) is 2. The Morgan fingerprint density at radius 3 is 2.00 bits per heavy atom. The average molecular weight is 790 g/mol. The van der Waals surface area contributed by atoms with Crippen molar-refractivity contribution < 1.29 is 36.3 Å². The molecule has 2 heterocycles. The van der Waals surface area contributed by atoms with Gasteiger partial charge in [-0.3, -0.25) is 10.1 Å². The number of methoxy groups -OCH3 is 1. The van der Waals surface area contributed by atoms with Gasteiger partial charge in [0.15, 0.2) is 26.5 Å². The Kier molecular flexibility index (Phi) is 13.6. The molecule has 0 spiro atoms. The highest BCUT2D eigenvalue weighted by atomic mass is 32.2. The fraction of sp³-hybridized carbons (Fsp3) is 0.641. The lowest BCUT2D eigenvalue weighted by atomic mass is 10.1. The molecule has 2 atom stereocenters. The zero-order chi connectivity index (χ0) is 39.4. The summed E-state index contributed by atoms with van der Waals surface area (Å²) in [6.45, 7) is 24.1. The molecule has 4 rings (SSSR count). The van der Waals surface area contributed by atoms with Gasteiger partial charge < -0.3 is 28.1 Å². The van der Waals surface area contributed by atoms with Crippen LogP contribution in [0.3, 0.4) is 0 Å². The molecule has 2 fully saturated rings. The summed E-state index contributed by atoms with van der Waals surface area (Å²) < 4.78 is 50.2. The van der Waals surface area contributed by atoms with E-state index in [9.17, 15) is 18.0 Å². The topological polar surface area (TPSA) is 124 Å². The second-order valence-corrected chi connectivity index (χ2v) is 29.1. The number of carbonyl (C=O) groups excluding carboxylic acids is 2. The van der Waals surface area contributed by atoms with Crippen LogP contribution in [-0.2, 0) is 23.4 Å². The summed E-state index contributed by atoms with van der Waals surface area (Å²) in [5.41, 5.74) is 1.28. The number of hydrogen-bond donors (Lipinski definition) is 1. The van der Waals surface area contributed by atoms with Gasteiger partial charge in [0.25, 0.3) is 5.91 Å². The van der Waals surface area contributed by atoms with Crippen LogP contribution in [0.2, 0.25) is 36.3 Å². The highest BCUT2D eigenvalue weighted by molar-refractivity contribution is 7.91. The minimum absolute atomic E-state index is 0.0324. The summed E-state index contributed by atoms with van der Waals surface area (Å²) in [6, 6.07) is 11.5. The summed E-state index contributed by atoms with van der Waals surface area (Å²) in [6.07, 6.45) is 2.70. The highest BCUT2D eigenvalue weighted by Crippen LogP contribution is 2.42. The van der Waals surface area contributed by atoms with Gasteiger partial charge in [0.1, 0.15) is 12.4 Å². The van der Waals surface area contributed by atoms with E-state index < -0.39 is 32.6 Å². The largest absolute Gasteiger partial charge is 0.495 e. The van der Waals surface area contributed by atoms with Crippen LogP contribution >= 0.6 is 0 Å². The molecule has 0 aromatic heterocycles.